The summed E-state index contributed by atoms with van der Waals surface area (Å²) >= 11 is 7.19. The fraction of sp³-hybridized carbons (Fsp3) is 0.276. The molecule has 1 heterocycles. The van der Waals surface area contributed by atoms with Crippen LogP contribution in [-0.2, 0) is 14.4 Å². The Morgan fingerprint density at radius 3 is 2.22 bits per heavy atom. The molecule has 5 rings (SSSR count). The van der Waals surface area contributed by atoms with Crippen molar-refractivity contribution in [3.05, 3.63) is 99.0 Å². The van der Waals surface area contributed by atoms with Gasteiger partial charge < -0.3 is 10.2 Å². The zero-order valence-corrected chi connectivity index (χ0v) is 22.8. The van der Waals surface area contributed by atoms with E-state index in [1.165, 1.54) is 18.6 Å². The SMILES string of the molecule is O=C1C=CC2(C=C1)C(c1ccccc1)=C(Br)C(=O)N2C(C(=O)NC1CCCCC1)c1ccccc1Br. The van der Waals surface area contributed by atoms with Crippen molar-refractivity contribution in [1.29, 1.82) is 0 Å². The maximum absolute atomic E-state index is 14.1. The Hall–Kier alpha value is -2.77. The molecule has 0 bridgehead atoms. The highest BCUT2D eigenvalue weighted by atomic mass is 79.9. The molecule has 0 radical (unpaired) electrons. The lowest BCUT2D eigenvalue weighted by Crippen LogP contribution is -2.53. The third kappa shape index (κ3) is 4.43. The number of ketones is 1. The lowest BCUT2D eigenvalue weighted by molar-refractivity contribution is -0.139. The minimum absolute atomic E-state index is 0.0777. The fourth-order valence-corrected chi connectivity index (χ4v) is 6.69. The van der Waals surface area contributed by atoms with Gasteiger partial charge in [0, 0.05) is 16.1 Å². The molecule has 1 unspecified atom stereocenters. The number of amides is 2. The molecule has 2 amide bonds. The number of allylic oxidation sites excluding steroid dienone is 2. The first kappa shape index (κ1) is 24.9. The van der Waals surface area contributed by atoms with E-state index in [-0.39, 0.29) is 23.6 Å². The van der Waals surface area contributed by atoms with E-state index in [9.17, 15) is 14.4 Å². The van der Waals surface area contributed by atoms with E-state index < -0.39 is 11.6 Å². The summed E-state index contributed by atoms with van der Waals surface area (Å²) in [6.45, 7) is 0. The summed E-state index contributed by atoms with van der Waals surface area (Å²) in [5.41, 5.74) is 1.11. The average Bonchev–Trinajstić information content (AvgIpc) is 3.10. The highest BCUT2D eigenvalue weighted by Gasteiger charge is 2.54. The monoisotopic (exact) mass is 608 g/mol. The molecule has 2 aliphatic carbocycles. The molecule has 0 aromatic heterocycles. The van der Waals surface area contributed by atoms with Crippen molar-refractivity contribution in [3.63, 3.8) is 0 Å². The molecule has 1 spiro atoms. The molecule has 0 saturated heterocycles. The first-order valence-electron chi connectivity index (χ1n) is 12.2. The van der Waals surface area contributed by atoms with Crippen molar-refractivity contribution in [3.8, 4) is 0 Å². The number of nitrogens with one attached hydrogen (secondary N) is 1. The number of carbonyl (C=O) groups is 3. The second kappa shape index (κ2) is 10.3. The second-order valence-corrected chi connectivity index (χ2v) is 11.0. The molecule has 5 nitrogen and oxygen atoms in total. The number of carbonyl (C=O) groups excluding carboxylic acids is 3. The van der Waals surface area contributed by atoms with Gasteiger partial charge in [0.2, 0.25) is 5.91 Å². The summed E-state index contributed by atoms with van der Waals surface area (Å²) in [5, 5.41) is 3.24. The van der Waals surface area contributed by atoms with Crippen LogP contribution in [0.5, 0.6) is 0 Å². The highest BCUT2D eigenvalue weighted by molar-refractivity contribution is 9.12. The van der Waals surface area contributed by atoms with E-state index in [0.29, 0.717) is 15.6 Å². The summed E-state index contributed by atoms with van der Waals surface area (Å²) in [5.74, 6) is -0.695. The normalized spacial score (nSPS) is 20.3. The van der Waals surface area contributed by atoms with Gasteiger partial charge in [-0.3, -0.25) is 14.4 Å². The molecule has 3 aliphatic rings. The Morgan fingerprint density at radius 2 is 1.56 bits per heavy atom. The quantitative estimate of drug-likeness (QED) is 0.451. The van der Waals surface area contributed by atoms with Crippen LogP contribution in [0.2, 0.25) is 0 Å². The predicted molar refractivity (Wildman–Crippen MR) is 147 cm³/mol. The van der Waals surface area contributed by atoms with Crippen molar-refractivity contribution in [2.45, 2.75) is 49.7 Å². The molecule has 184 valence electrons. The predicted octanol–water partition coefficient (Wildman–Crippen LogP) is 6.02. The van der Waals surface area contributed by atoms with E-state index in [0.717, 1.165) is 35.7 Å². The van der Waals surface area contributed by atoms with E-state index in [2.05, 4.69) is 37.2 Å². The van der Waals surface area contributed by atoms with E-state index in [1.807, 2.05) is 54.6 Å². The molecule has 1 saturated carbocycles. The maximum atomic E-state index is 14.1. The first-order chi connectivity index (χ1) is 17.4. The molecule has 36 heavy (non-hydrogen) atoms. The van der Waals surface area contributed by atoms with Gasteiger partial charge in [0.05, 0.1) is 4.48 Å². The fourth-order valence-electron chi connectivity index (χ4n) is 5.45. The molecular formula is C29H26Br2N2O3. The number of nitrogens with zero attached hydrogens (tertiary/aromatic N) is 1. The Bertz CT molecular complexity index is 1280. The zero-order chi connectivity index (χ0) is 25.3. The van der Waals surface area contributed by atoms with Gasteiger partial charge in [0.1, 0.15) is 11.6 Å². The summed E-state index contributed by atoms with van der Waals surface area (Å²) in [6, 6.07) is 16.2. The largest absolute Gasteiger partial charge is 0.351 e. The molecule has 1 N–H and O–H groups in total. The Balaban J connectivity index is 1.67. The summed E-state index contributed by atoms with van der Waals surface area (Å²) < 4.78 is 1.11. The molecule has 2 aromatic carbocycles. The van der Waals surface area contributed by atoms with Gasteiger partial charge >= 0.3 is 0 Å². The van der Waals surface area contributed by atoms with Crippen LogP contribution in [0.4, 0.5) is 0 Å². The van der Waals surface area contributed by atoms with E-state index >= 15 is 0 Å². The molecular weight excluding hydrogens is 584 g/mol. The lowest BCUT2D eigenvalue weighted by atomic mass is 9.81. The number of rotatable bonds is 5. The van der Waals surface area contributed by atoms with Gasteiger partial charge in [-0.15, -0.1) is 0 Å². The number of hydrogen-bond acceptors (Lipinski definition) is 3. The smallest absolute Gasteiger partial charge is 0.263 e. The van der Waals surface area contributed by atoms with Gasteiger partial charge in [0.15, 0.2) is 5.78 Å². The second-order valence-electron chi connectivity index (χ2n) is 9.39. The van der Waals surface area contributed by atoms with Crippen LogP contribution >= 0.6 is 31.9 Å². The maximum Gasteiger partial charge on any atom is 0.263 e. The molecule has 1 atom stereocenters. The number of hydrogen-bond donors (Lipinski definition) is 1. The van der Waals surface area contributed by atoms with Crippen molar-refractivity contribution in [2.24, 2.45) is 0 Å². The summed E-state index contributed by atoms with van der Waals surface area (Å²) in [7, 11) is 0. The van der Waals surface area contributed by atoms with Crippen molar-refractivity contribution in [1.82, 2.24) is 10.2 Å². The zero-order valence-electron chi connectivity index (χ0n) is 19.6. The van der Waals surface area contributed by atoms with Crippen LogP contribution < -0.4 is 5.32 Å². The van der Waals surface area contributed by atoms with E-state index in [1.54, 1.807) is 17.1 Å². The van der Waals surface area contributed by atoms with Crippen molar-refractivity contribution in [2.75, 3.05) is 0 Å². The van der Waals surface area contributed by atoms with Gasteiger partial charge in [-0.2, -0.15) is 0 Å². The van der Waals surface area contributed by atoms with Crippen LogP contribution in [0, 0.1) is 0 Å². The van der Waals surface area contributed by atoms with Gasteiger partial charge in [-0.25, -0.2) is 0 Å². The van der Waals surface area contributed by atoms with Crippen LogP contribution in [0.1, 0.15) is 49.3 Å². The average molecular weight is 610 g/mol. The molecule has 2 aromatic rings. The molecule has 7 heteroatoms. The lowest BCUT2D eigenvalue weighted by Gasteiger charge is -2.42. The van der Waals surface area contributed by atoms with E-state index in [4.69, 9.17) is 0 Å². The van der Waals surface area contributed by atoms with Crippen molar-refractivity contribution >= 4 is 55.0 Å². The minimum atomic E-state index is -1.12. The first-order valence-corrected chi connectivity index (χ1v) is 13.8. The Kier molecular flexibility index (Phi) is 7.13. The van der Waals surface area contributed by atoms with Gasteiger partial charge in [-0.1, -0.05) is 83.7 Å². The third-order valence-corrected chi connectivity index (χ3v) is 8.61. The third-order valence-electron chi connectivity index (χ3n) is 7.15. The highest BCUT2D eigenvalue weighted by Crippen LogP contribution is 2.51. The molecule has 1 aliphatic heterocycles. The van der Waals surface area contributed by atoms with Gasteiger partial charge in [-0.05, 0) is 70.3 Å². The summed E-state index contributed by atoms with van der Waals surface area (Å²) in [4.78, 5) is 41.9. The van der Waals surface area contributed by atoms with Crippen molar-refractivity contribution < 1.29 is 14.4 Å². The number of benzene rings is 2. The Morgan fingerprint density at radius 1 is 0.917 bits per heavy atom. The summed E-state index contributed by atoms with van der Waals surface area (Å²) in [6.07, 6.45) is 11.6. The number of halogens is 2. The molecule has 1 fully saturated rings. The van der Waals surface area contributed by atoms with Crippen LogP contribution in [-0.4, -0.2) is 34.1 Å². The minimum Gasteiger partial charge on any atom is -0.351 e. The van der Waals surface area contributed by atoms with Gasteiger partial charge in [0.25, 0.3) is 5.91 Å². The van der Waals surface area contributed by atoms with Crippen LogP contribution in [0.3, 0.4) is 0 Å². The standard InChI is InChI=1S/C29H26Br2N2O3/c30-23-14-8-7-13-22(23)26(27(35)32-20-11-5-2-6-12-20)33-28(36)25(31)24(19-9-3-1-4-10-19)29(33)17-15-21(34)16-18-29/h1,3-4,7-10,13-18,20,26H,2,5-6,11-12H2,(H,32,35). The Labute approximate surface area is 227 Å². The van der Waals surface area contributed by atoms with Crippen LogP contribution in [0.25, 0.3) is 5.57 Å². The van der Waals surface area contributed by atoms with Crippen LogP contribution in [0.15, 0.2) is 87.9 Å². The topological polar surface area (TPSA) is 66.5 Å².